The summed E-state index contributed by atoms with van der Waals surface area (Å²) in [5.74, 6) is -0.947. The normalized spacial score (nSPS) is 16.1. The molecule has 0 saturated carbocycles. The first-order valence-electron chi connectivity index (χ1n) is 6.21. The van der Waals surface area contributed by atoms with Crippen LogP contribution in [0.2, 0.25) is 0 Å². The van der Waals surface area contributed by atoms with E-state index >= 15 is 0 Å². The first kappa shape index (κ1) is 13.2. The van der Waals surface area contributed by atoms with Crippen LogP contribution < -0.4 is 11.1 Å². The molecule has 2 rings (SSSR count). The number of nitrogens with two attached hydrogens (primary N) is 1. The number of primary amides is 1. The van der Waals surface area contributed by atoms with E-state index in [0.29, 0.717) is 18.8 Å². The van der Waals surface area contributed by atoms with Crippen LogP contribution in [0.25, 0.3) is 0 Å². The number of carbonyl (C=O) groups excluding carboxylic acids is 1. The molecule has 0 unspecified atom stereocenters. The van der Waals surface area contributed by atoms with Crippen molar-refractivity contribution in [3.05, 3.63) is 29.8 Å². The fraction of sp³-hybridized carbons (Fsp3) is 0.385. The Balaban J connectivity index is 2.00. The number of carboxylic acid groups (broad SMARTS) is 1. The molecule has 1 fully saturated rings. The number of hydrogen-bond donors (Lipinski definition) is 3. The van der Waals surface area contributed by atoms with Crippen LogP contribution in [0, 0.1) is 0 Å². The van der Waals surface area contributed by atoms with Crippen LogP contribution in [0.5, 0.6) is 0 Å². The second kappa shape index (κ2) is 5.60. The van der Waals surface area contributed by atoms with Gasteiger partial charge in [-0.1, -0.05) is 12.1 Å². The Kier molecular flexibility index (Phi) is 3.89. The maximum atomic E-state index is 11.1. The zero-order valence-electron chi connectivity index (χ0n) is 10.5. The number of hydrogen-bond acceptors (Lipinski definition) is 3. The summed E-state index contributed by atoms with van der Waals surface area (Å²) in [6.07, 6.45) is 1.52. The SMILES string of the molecule is NC(=O)N1CCC(Nc2ccccc2C(=O)O)CC1. The quantitative estimate of drug-likeness (QED) is 0.766. The molecule has 1 saturated heterocycles. The summed E-state index contributed by atoms with van der Waals surface area (Å²) in [6, 6.07) is 6.59. The lowest BCUT2D eigenvalue weighted by Crippen LogP contribution is -2.44. The van der Waals surface area contributed by atoms with E-state index in [9.17, 15) is 9.59 Å². The van der Waals surface area contributed by atoms with Crippen molar-refractivity contribution in [1.82, 2.24) is 4.90 Å². The summed E-state index contributed by atoms with van der Waals surface area (Å²) < 4.78 is 0. The number of urea groups is 1. The van der Waals surface area contributed by atoms with Gasteiger partial charge in [0.05, 0.1) is 5.56 Å². The smallest absolute Gasteiger partial charge is 0.337 e. The van der Waals surface area contributed by atoms with Crippen LogP contribution >= 0.6 is 0 Å². The van der Waals surface area contributed by atoms with Crippen molar-refractivity contribution in [1.29, 1.82) is 0 Å². The van der Waals surface area contributed by atoms with Crippen molar-refractivity contribution < 1.29 is 14.7 Å². The van der Waals surface area contributed by atoms with Crippen LogP contribution in [-0.4, -0.2) is 41.1 Å². The molecule has 0 atom stereocenters. The highest BCUT2D eigenvalue weighted by molar-refractivity contribution is 5.94. The lowest BCUT2D eigenvalue weighted by atomic mass is 10.0. The van der Waals surface area contributed by atoms with Crippen LogP contribution in [0.15, 0.2) is 24.3 Å². The number of benzene rings is 1. The number of nitrogens with zero attached hydrogens (tertiary/aromatic N) is 1. The fourth-order valence-electron chi connectivity index (χ4n) is 2.26. The molecule has 6 heteroatoms. The number of carbonyl (C=O) groups is 2. The molecule has 2 amide bonds. The molecule has 0 aromatic heterocycles. The third-order valence-corrected chi connectivity index (χ3v) is 3.32. The number of piperidine rings is 1. The molecule has 19 heavy (non-hydrogen) atoms. The van der Waals surface area contributed by atoms with E-state index in [1.165, 1.54) is 0 Å². The topological polar surface area (TPSA) is 95.7 Å². The Morgan fingerprint density at radius 2 is 1.89 bits per heavy atom. The number of para-hydroxylation sites is 1. The molecule has 0 spiro atoms. The number of likely N-dealkylation sites (tertiary alicyclic amines) is 1. The van der Waals surface area contributed by atoms with Gasteiger partial charge in [0.15, 0.2) is 0 Å². The molecule has 1 aromatic rings. The summed E-state index contributed by atoms with van der Waals surface area (Å²) in [5.41, 5.74) is 6.10. The minimum Gasteiger partial charge on any atom is -0.478 e. The van der Waals surface area contributed by atoms with Gasteiger partial charge >= 0.3 is 12.0 Å². The van der Waals surface area contributed by atoms with Crippen LogP contribution in [0.1, 0.15) is 23.2 Å². The summed E-state index contributed by atoms with van der Waals surface area (Å²) in [4.78, 5) is 23.7. The second-order valence-electron chi connectivity index (χ2n) is 4.59. The van der Waals surface area contributed by atoms with Crippen molar-refractivity contribution in [2.75, 3.05) is 18.4 Å². The molecule has 0 aliphatic carbocycles. The number of amides is 2. The van der Waals surface area contributed by atoms with Crippen LogP contribution in [0.3, 0.4) is 0 Å². The van der Waals surface area contributed by atoms with Gasteiger partial charge in [-0.2, -0.15) is 0 Å². The molecule has 102 valence electrons. The van der Waals surface area contributed by atoms with Crippen molar-refractivity contribution in [2.24, 2.45) is 5.73 Å². The average molecular weight is 263 g/mol. The summed E-state index contributed by atoms with van der Waals surface area (Å²) in [6.45, 7) is 1.20. The van der Waals surface area contributed by atoms with Gasteiger partial charge in [0.25, 0.3) is 0 Å². The van der Waals surface area contributed by atoms with Gasteiger partial charge < -0.3 is 21.1 Å². The molecular weight excluding hydrogens is 246 g/mol. The Morgan fingerprint density at radius 3 is 2.47 bits per heavy atom. The summed E-state index contributed by atoms with van der Waals surface area (Å²) in [5, 5.41) is 12.3. The lowest BCUT2D eigenvalue weighted by molar-refractivity contribution is 0.0698. The minimum atomic E-state index is -0.947. The van der Waals surface area contributed by atoms with Gasteiger partial charge in [-0.25, -0.2) is 9.59 Å². The maximum absolute atomic E-state index is 11.1. The number of nitrogens with one attached hydrogen (secondary N) is 1. The van der Waals surface area contributed by atoms with E-state index < -0.39 is 12.0 Å². The van der Waals surface area contributed by atoms with Crippen molar-refractivity contribution in [3.63, 3.8) is 0 Å². The number of anilines is 1. The summed E-state index contributed by atoms with van der Waals surface area (Å²) in [7, 11) is 0. The van der Waals surface area contributed by atoms with Gasteiger partial charge in [0.2, 0.25) is 0 Å². The lowest BCUT2D eigenvalue weighted by Gasteiger charge is -2.32. The van der Waals surface area contributed by atoms with Gasteiger partial charge in [-0.15, -0.1) is 0 Å². The highest BCUT2D eigenvalue weighted by Gasteiger charge is 2.22. The Bertz CT molecular complexity index is 482. The second-order valence-corrected chi connectivity index (χ2v) is 4.59. The van der Waals surface area contributed by atoms with E-state index in [-0.39, 0.29) is 11.6 Å². The molecular formula is C13H17N3O3. The van der Waals surface area contributed by atoms with Crippen molar-refractivity contribution in [3.8, 4) is 0 Å². The zero-order valence-corrected chi connectivity index (χ0v) is 10.5. The number of carboxylic acids is 1. The number of rotatable bonds is 3. The highest BCUT2D eigenvalue weighted by Crippen LogP contribution is 2.20. The monoisotopic (exact) mass is 263 g/mol. The van der Waals surface area contributed by atoms with Gasteiger partial charge in [0, 0.05) is 24.8 Å². The van der Waals surface area contributed by atoms with Gasteiger partial charge in [-0.05, 0) is 25.0 Å². The Morgan fingerprint density at radius 1 is 1.26 bits per heavy atom. The average Bonchev–Trinajstić information content (AvgIpc) is 2.39. The largest absolute Gasteiger partial charge is 0.478 e. The molecule has 6 nitrogen and oxygen atoms in total. The van der Waals surface area contributed by atoms with E-state index in [0.717, 1.165) is 12.8 Å². The predicted molar refractivity (Wildman–Crippen MR) is 71.2 cm³/mol. The van der Waals surface area contributed by atoms with E-state index in [1.54, 1.807) is 29.2 Å². The molecule has 4 N–H and O–H groups in total. The molecule has 1 aromatic carbocycles. The van der Waals surface area contributed by atoms with Gasteiger partial charge in [0.1, 0.15) is 0 Å². The van der Waals surface area contributed by atoms with Crippen molar-refractivity contribution >= 4 is 17.7 Å². The third kappa shape index (κ3) is 3.15. The maximum Gasteiger partial charge on any atom is 0.337 e. The minimum absolute atomic E-state index is 0.163. The first-order valence-corrected chi connectivity index (χ1v) is 6.21. The van der Waals surface area contributed by atoms with E-state index in [2.05, 4.69) is 5.32 Å². The molecule has 0 bridgehead atoms. The zero-order chi connectivity index (χ0) is 13.8. The third-order valence-electron chi connectivity index (χ3n) is 3.32. The van der Waals surface area contributed by atoms with Crippen LogP contribution in [0.4, 0.5) is 10.5 Å². The number of aromatic carboxylic acids is 1. The molecule has 1 heterocycles. The standard InChI is InChI=1S/C13H17N3O3/c14-13(19)16-7-5-9(6-8-16)15-11-4-2-1-3-10(11)12(17)18/h1-4,9,15H,5-8H2,(H2,14,19)(H,17,18). The Labute approximate surface area is 111 Å². The summed E-state index contributed by atoms with van der Waals surface area (Å²) >= 11 is 0. The fourth-order valence-corrected chi connectivity index (χ4v) is 2.26. The molecule has 1 aliphatic rings. The first-order chi connectivity index (χ1) is 9.08. The molecule has 1 aliphatic heterocycles. The van der Waals surface area contributed by atoms with E-state index in [1.807, 2.05) is 0 Å². The molecule has 0 radical (unpaired) electrons. The van der Waals surface area contributed by atoms with Gasteiger partial charge in [-0.3, -0.25) is 0 Å². The predicted octanol–water partition coefficient (Wildman–Crippen LogP) is 1.34. The van der Waals surface area contributed by atoms with Crippen LogP contribution in [-0.2, 0) is 0 Å². The Hall–Kier alpha value is -2.24. The van der Waals surface area contributed by atoms with E-state index in [4.69, 9.17) is 10.8 Å². The highest BCUT2D eigenvalue weighted by atomic mass is 16.4. The van der Waals surface area contributed by atoms with Crippen molar-refractivity contribution in [2.45, 2.75) is 18.9 Å².